The van der Waals surface area contributed by atoms with Gasteiger partial charge < -0.3 is 16.6 Å². The van der Waals surface area contributed by atoms with E-state index >= 15 is 0 Å². The molecule has 5 N–H and O–H groups in total. The standard InChI is InChI=1S/C8H12N2O2/c9-4-6(8(11)12)3-7(10)5-1-2-5/h3-5H,1-2,9-10H2,(H,11,12)/b6-4+,7-3-. The SMILES string of the molecule is N/C=C(\C=C(/N)C1CC1)C(=O)O. The van der Waals surface area contributed by atoms with Crippen LogP contribution in [0, 0.1) is 5.92 Å². The highest BCUT2D eigenvalue weighted by Crippen LogP contribution is 2.34. The lowest BCUT2D eigenvalue weighted by Gasteiger charge is -1.97. The maximum Gasteiger partial charge on any atom is 0.337 e. The van der Waals surface area contributed by atoms with E-state index in [0.717, 1.165) is 19.0 Å². The van der Waals surface area contributed by atoms with Gasteiger partial charge in [-0.3, -0.25) is 0 Å². The number of hydrogen-bond acceptors (Lipinski definition) is 3. The van der Waals surface area contributed by atoms with Crippen LogP contribution in [-0.4, -0.2) is 11.1 Å². The van der Waals surface area contributed by atoms with Gasteiger partial charge in [0.15, 0.2) is 0 Å². The topological polar surface area (TPSA) is 89.3 Å². The van der Waals surface area contributed by atoms with Crippen molar-refractivity contribution in [2.75, 3.05) is 0 Å². The van der Waals surface area contributed by atoms with E-state index < -0.39 is 5.97 Å². The number of carboxylic acid groups (broad SMARTS) is 1. The minimum atomic E-state index is -1.04. The van der Waals surface area contributed by atoms with Gasteiger partial charge in [0, 0.05) is 11.9 Å². The first-order valence-corrected chi connectivity index (χ1v) is 3.77. The highest BCUT2D eigenvalue weighted by molar-refractivity contribution is 5.89. The van der Waals surface area contributed by atoms with Gasteiger partial charge in [0.1, 0.15) is 0 Å². The van der Waals surface area contributed by atoms with Crippen LogP contribution in [-0.2, 0) is 4.79 Å². The fourth-order valence-electron chi connectivity index (χ4n) is 0.895. The average molecular weight is 168 g/mol. The largest absolute Gasteiger partial charge is 0.478 e. The van der Waals surface area contributed by atoms with Crippen LogP contribution in [0.5, 0.6) is 0 Å². The van der Waals surface area contributed by atoms with E-state index in [1.807, 2.05) is 0 Å². The van der Waals surface area contributed by atoms with E-state index in [1.54, 1.807) is 0 Å². The molecule has 4 nitrogen and oxygen atoms in total. The van der Waals surface area contributed by atoms with Crippen LogP contribution in [0.1, 0.15) is 12.8 Å². The van der Waals surface area contributed by atoms with Gasteiger partial charge in [0.05, 0.1) is 5.57 Å². The first-order valence-electron chi connectivity index (χ1n) is 3.77. The summed E-state index contributed by atoms with van der Waals surface area (Å²) in [5, 5.41) is 8.58. The first-order chi connectivity index (χ1) is 5.65. The monoisotopic (exact) mass is 168 g/mol. The molecule has 1 aliphatic rings. The number of allylic oxidation sites excluding steroid dienone is 1. The summed E-state index contributed by atoms with van der Waals surface area (Å²) in [5.74, 6) is -0.666. The van der Waals surface area contributed by atoms with Crippen LogP contribution in [0.3, 0.4) is 0 Å². The summed E-state index contributed by atoms with van der Waals surface area (Å²) in [4.78, 5) is 10.5. The first kappa shape index (κ1) is 8.64. The van der Waals surface area contributed by atoms with Crippen LogP contribution in [0.4, 0.5) is 0 Å². The number of rotatable bonds is 3. The molecule has 1 rings (SSSR count). The Hall–Kier alpha value is -1.45. The van der Waals surface area contributed by atoms with Crippen molar-refractivity contribution in [3.63, 3.8) is 0 Å². The fourth-order valence-corrected chi connectivity index (χ4v) is 0.895. The predicted molar refractivity (Wildman–Crippen MR) is 44.9 cm³/mol. The van der Waals surface area contributed by atoms with Gasteiger partial charge in [0.2, 0.25) is 0 Å². The van der Waals surface area contributed by atoms with Gasteiger partial charge in [-0.25, -0.2) is 4.79 Å². The molecule has 0 atom stereocenters. The molecule has 0 saturated heterocycles. The molecule has 66 valence electrons. The molecule has 0 aromatic carbocycles. The van der Waals surface area contributed by atoms with Crippen molar-refractivity contribution >= 4 is 5.97 Å². The van der Waals surface area contributed by atoms with E-state index in [9.17, 15) is 4.79 Å². The number of nitrogens with two attached hydrogens (primary N) is 2. The molecule has 0 amide bonds. The molecular weight excluding hydrogens is 156 g/mol. The van der Waals surface area contributed by atoms with Crippen LogP contribution in [0.25, 0.3) is 0 Å². The molecule has 0 radical (unpaired) electrons. The molecule has 0 aromatic heterocycles. The zero-order valence-electron chi connectivity index (χ0n) is 6.66. The molecule has 0 heterocycles. The van der Waals surface area contributed by atoms with Crippen molar-refractivity contribution in [2.24, 2.45) is 17.4 Å². The average Bonchev–Trinajstić information content (AvgIpc) is 2.80. The van der Waals surface area contributed by atoms with Crippen molar-refractivity contribution in [1.29, 1.82) is 0 Å². The molecule has 1 fully saturated rings. The minimum Gasteiger partial charge on any atom is -0.478 e. The van der Waals surface area contributed by atoms with Gasteiger partial charge in [-0.2, -0.15) is 0 Å². The highest BCUT2D eigenvalue weighted by Gasteiger charge is 2.24. The number of carbonyl (C=O) groups is 1. The van der Waals surface area contributed by atoms with Crippen LogP contribution in [0.2, 0.25) is 0 Å². The summed E-state index contributed by atoms with van der Waals surface area (Å²) in [5.41, 5.74) is 11.4. The summed E-state index contributed by atoms with van der Waals surface area (Å²) in [6.07, 6.45) is 4.59. The van der Waals surface area contributed by atoms with Crippen LogP contribution < -0.4 is 11.5 Å². The quantitative estimate of drug-likeness (QED) is 0.414. The Morgan fingerprint density at radius 3 is 2.42 bits per heavy atom. The van der Waals surface area contributed by atoms with Gasteiger partial charge in [-0.15, -0.1) is 0 Å². The summed E-state index contributed by atoms with van der Waals surface area (Å²) in [6.45, 7) is 0. The molecule has 0 aromatic rings. The summed E-state index contributed by atoms with van der Waals surface area (Å²) in [7, 11) is 0. The lowest BCUT2D eigenvalue weighted by molar-refractivity contribution is -0.132. The third-order valence-corrected chi connectivity index (χ3v) is 1.80. The smallest absolute Gasteiger partial charge is 0.337 e. The lowest BCUT2D eigenvalue weighted by atomic mass is 10.2. The zero-order chi connectivity index (χ0) is 9.14. The Morgan fingerprint density at radius 1 is 1.50 bits per heavy atom. The van der Waals surface area contributed by atoms with Crippen molar-refractivity contribution in [2.45, 2.75) is 12.8 Å². The second-order valence-electron chi connectivity index (χ2n) is 2.85. The van der Waals surface area contributed by atoms with Gasteiger partial charge in [-0.1, -0.05) is 0 Å². The summed E-state index contributed by atoms with van der Waals surface area (Å²) >= 11 is 0. The second-order valence-corrected chi connectivity index (χ2v) is 2.85. The van der Waals surface area contributed by atoms with Crippen molar-refractivity contribution in [1.82, 2.24) is 0 Å². The summed E-state index contributed by atoms with van der Waals surface area (Å²) < 4.78 is 0. The second kappa shape index (κ2) is 3.30. The van der Waals surface area contributed by atoms with E-state index in [2.05, 4.69) is 0 Å². The van der Waals surface area contributed by atoms with Gasteiger partial charge >= 0.3 is 5.97 Å². The molecule has 0 spiro atoms. The van der Waals surface area contributed by atoms with E-state index in [4.69, 9.17) is 16.6 Å². The molecule has 12 heavy (non-hydrogen) atoms. The number of aliphatic carboxylic acids is 1. The van der Waals surface area contributed by atoms with E-state index in [0.29, 0.717) is 11.6 Å². The molecule has 1 aliphatic carbocycles. The molecule has 0 unspecified atom stereocenters. The third-order valence-electron chi connectivity index (χ3n) is 1.80. The molecule has 0 bridgehead atoms. The maximum atomic E-state index is 10.5. The predicted octanol–water partition coefficient (Wildman–Crippen LogP) is 0.166. The number of carboxylic acids is 1. The van der Waals surface area contributed by atoms with E-state index in [-0.39, 0.29) is 5.57 Å². The zero-order valence-corrected chi connectivity index (χ0v) is 6.66. The van der Waals surface area contributed by atoms with Gasteiger partial charge in [0.25, 0.3) is 0 Å². The molecular formula is C8H12N2O2. The van der Waals surface area contributed by atoms with E-state index in [1.165, 1.54) is 6.08 Å². The summed E-state index contributed by atoms with van der Waals surface area (Å²) in [6, 6.07) is 0. The Morgan fingerprint density at radius 2 is 2.08 bits per heavy atom. The molecule has 4 heteroatoms. The van der Waals surface area contributed by atoms with Crippen LogP contribution in [0.15, 0.2) is 23.5 Å². The molecule has 0 aliphatic heterocycles. The normalized spacial score (nSPS) is 19.3. The minimum absolute atomic E-state index is 0.0550. The fraction of sp³-hybridized carbons (Fsp3) is 0.375. The Labute approximate surface area is 70.5 Å². The Kier molecular flexibility index (Phi) is 2.38. The maximum absolute atomic E-state index is 10.5. The van der Waals surface area contributed by atoms with Crippen molar-refractivity contribution in [3.05, 3.63) is 23.5 Å². The van der Waals surface area contributed by atoms with Crippen molar-refractivity contribution in [3.8, 4) is 0 Å². The Bertz CT molecular complexity index is 252. The van der Waals surface area contributed by atoms with Crippen LogP contribution >= 0.6 is 0 Å². The van der Waals surface area contributed by atoms with Gasteiger partial charge in [-0.05, 0) is 24.8 Å². The van der Waals surface area contributed by atoms with Crippen molar-refractivity contribution < 1.29 is 9.90 Å². The Balaban J connectivity index is 2.68. The highest BCUT2D eigenvalue weighted by atomic mass is 16.4. The number of hydrogen-bond donors (Lipinski definition) is 3. The third kappa shape index (κ3) is 2.02. The molecule has 1 saturated carbocycles. The lowest BCUT2D eigenvalue weighted by Crippen LogP contribution is -2.06.